The van der Waals surface area contributed by atoms with E-state index in [1.165, 1.54) is 5.56 Å². The van der Waals surface area contributed by atoms with Crippen molar-refractivity contribution in [3.8, 4) is 11.4 Å². The van der Waals surface area contributed by atoms with Crippen LogP contribution < -0.4 is 0 Å². The molecule has 2 heterocycles. The average molecular weight is 513 g/mol. The number of para-hydroxylation sites is 4. The summed E-state index contributed by atoms with van der Waals surface area (Å²) in [5.41, 5.74) is 6.68. The lowest BCUT2D eigenvalue weighted by Crippen LogP contribution is -2.21. The molecule has 192 valence electrons. The van der Waals surface area contributed by atoms with Gasteiger partial charge in [0.1, 0.15) is 11.6 Å². The molecule has 2 aromatic heterocycles. The Kier molecular flexibility index (Phi) is 5.84. The Hall–Kier alpha value is -3.11. The van der Waals surface area contributed by atoms with E-state index in [0.29, 0.717) is 5.02 Å². The number of halogens is 1. The molecule has 0 radical (unpaired) electrons. The molecule has 0 amide bonds. The van der Waals surface area contributed by atoms with E-state index in [0.717, 1.165) is 45.1 Å². The minimum absolute atomic E-state index is 0.0926. The van der Waals surface area contributed by atoms with Crippen LogP contribution in [0.5, 0.6) is 0 Å². The third kappa shape index (κ3) is 4.35. The zero-order valence-corrected chi connectivity index (χ0v) is 24.2. The molecule has 0 aliphatic heterocycles. The lowest BCUT2D eigenvalue weighted by Gasteiger charge is -2.27. The van der Waals surface area contributed by atoms with Crippen LogP contribution in [0.15, 0.2) is 60.7 Å². The Bertz CT molecular complexity index is 1520. The van der Waals surface area contributed by atoms with Crippen LogP contribution in [0.4, 0.5) is 0 Å². The minimum Gasteiger partial charge on any atom is -0.294 e. The van der Waals surface area contributed by atoms with Gasteiger partial charge in [-0.1, -0.05) is 98.2 Å². The summed E-state index contributed by atoms with van der Waals surface area (Å²) < 4.78 is 4.51. The molecule has 3 aromatic carbocycles. The molecule has 5 heteroatoms. The van der Waals surface area contributed by atoms with Crippen LogP contribution >= 0.6 is 11.6 Å². The van der Waals surface area contributed by atoms with Gasteiger partial charge in [-0.15, -0.1) is 0 Å². The van der Waals surface area contributed by atoms with Crippen LogP contribution in [0.2, 0.25) is 5.02 Å². The summed E-state index contributed by atoms with van der Waals surface area (Å²) in [6.07, 6.45) is 0. The Morgan fingerprint density at radius 3 is 1.30 bits per heavy atom. The summed E-state index contributed by atoms with van der Waals surface area (Å²) in [6.45, 7) is 20.0. The highest BCUT2D eigenvalue weighted by molar-refractivity contribution is 6.34. The van der Waals surface area contributed by atoms with Crippen molar-refractivity contribution in [2.24, 2.45) is 0 Å². The fraction of sp³-hybridized carbons (Fsp3) is 0.375. The van der Waals surface area contributed by atoms with Gasteiger partial charge in [0, 0.05) is 10.8 Å². The normalized spacial score (nSPS) is 13.1. The van der Waals surface area contributed by atoms with Gasteiger partial charge in [-0.3, -0.25) is 9.13 Å². The van der Waals surface area contributed by atoms with E-state index in [9.17, 15) is 0 Å². The van der Waals surface area contributed by atoms with Crippen molar-refractivity contribution in [1.82, 2.24) is 19.1 Å². The first-order valence-corrected chi connectivity index (χ1v) is 13.4. The van der Waals surface area contributed by atoms with Gasteiger partial charge < -0.3 is 0 Å². The third-order valence-corrected chi connectivity index (χ3v) is 7.23. The molecular weight excluding hydrogens is 476 g/mol. The Labute approximate surface area is 225 Å². The van der Waals surface area contributed by atoms with Crippen molar-refractivity contribution >= 4 is 33.7 Å². The smallest absolute Gasteiger partial charge is 0.119 e. The van der Waals surface area contributed by atoms with Crippen LogP contribution in [0.25, 0.3) is 33.4 Å². The molecule has 0 atom stereocenters. The lowest BCUT2D eigenvalue weighted by molar-refractivity contribution is 0.536. The summed E-state index contributed by atoms with van der Waals surface area (Å²) in [6, 6.07) is 21.1. The second-order valence-electron chi connectivity index (χ2n) is 13.1. The first-order chi connectivity index (χ1) is 17.2. The summed E-state index contributed by atoms with van der Waals surface area (Å²) in [4.78, 5) is 10.2. The van der Waals surface area contributed by atoms with Crippen molar-refractivity contribution in [3.63, 3.8) is 0 Å². The predicted molar refractivity (Wildman–Crippen MR) is 157 cm³/mol. The number of rotatable bonds is 2. The molecule has 0 saturated carbocycles. The lowest BCUT2D eigenvalue weighted by atomic mass is 9.86. The van der Waals surface area contributed by atoms with Crippen molar-refractivity contribution in [2.45, 2.75) is 78.6 Å². The van der Waals surface area contributed by atoms with Gasteiger partial charge >= 0.3 is 0 Å². The fourth-order valence-electron chi connectivity index (χ4n) is 4.90. The van der Waals surface area contributed by atoms with Crippen molar-refractivity contribution in [2.75, 3.05) is 0 Å². The molecule has 4 nitrogen and oxygen atoms in total. The zero-order chi connectivity index (χ0) is 26.9. The van der Waals surface area contributed by atoms with E-state index in [2.05, 4.69) is 120 Å². The number of aromatic nitrogens is 4. The van der Waals surface area contributed by atoms with Gasteiger partial charge in [0.2, 0.25) is 0 Å². The van der Waals surface area contributed by atoms with Gasteiger partial charge in [0.15, 0.2) is 0 Å². The molecule has 0 spiro atoms. The second kappa shape index (κ2) is 8.46. The topological polar surface area (TPSA) is 35.6 Å². The van der Waals surface area contributed by atoms with Crippen LogP contribution in [0, 0.1) is 0 Å². The summed E-state index contributed by atoms with van der Waals surface area (Å²) >= 11 is 7.46. The number of hydrogen-bond donors (Lipinski definition) is 0. The average Bonchev–Trinajstić information content (AvgIpc) is 3.38. The van der Waals surface area contributed by atoms with Gasteiger partial charge in [0.05, 0.1) is 38.5 Å². The standard InChI is InChI=1S/C32H37ClN4/c1-30(2,3)20-18-25(36-23-16-12-10-14-21(23)34-28(36)31(4,5)6)27(33)26(19-20)37-24-17-13-11-15-22(24)35-29(37)32(7,8)9/h10-19H,1-9H3. The third-order valence-electron chi connectivity index (χ3n) is 6.85. The Morgan fingerprint density at radius 1 is 0.568 bits per heavy atom. The molecule has 5 rings (SSSR count). The molecule has 5 aromatic rings. The highest BCUT2D eigenvalue weighted by Gasteiger charge is 2.30. The largest absolute Gasteiger partial charge is 0.294 e. The maximum atomic E-state index is 7.46. The number of imidazole rings is 2. The summed E-state index contributed by atoms with van der Waals surface area (Å²) in [7, 11) is 0. The van der Waals surface area contributed by atoms with Crippen molar-refractivity contribution in [3.05, 3.63) is 82.9 Å². The monoisotopic (exact) mass is 512 g/mol. The molecular formula is C32H37ClN4. The van der Waals surface area contributed by atoms with Crippen molar-refractivity contribution in [1.29, 1.82) is 0 Å². The number of nitrogens with zero attached hydrogens (tertiary/aromatic N) is 4. The van der Waals surface area contributed by atoms with Gasteiger partial charge in [-0.2, -0.15) is 0 Å². The van der Waals surface area contributed by atoms with Crippen LogP contribution in [0.3, 0.4) is 0 Å². The molecule has 0 aliphatic rings. The molecule has 37 heavy (non-hydrogen) atoms. The predicted octanol–water partition coefficient (Wildman–Crippen LogP) is 8.91. The molecule has 0 saturated heterocycles. The number of hydrogen-bond acceptors (Lipinski definition) is 2. The highest BCUT2D eigenvalue weighted by Crippen LogP contribution is 2.41. The second-order valence-corrected chi connectivity index (χ2v) is 13.5. The van der Waals surface area contributed by atoms with Gasteiger partial charge in [0.25, 0.3) is 0 Å². The van der Waals surface area contributed by atoms with E-state index in [1.54, 1.807) is 0 Å². The van der Waals surface area contributed by atoms with Crippen LogP contribution in [0.1, 0.15) is 79.5 Å². The summed E-state index contributed by atoms with van der Waals surface area (Å²) in [5, 5.41) is 0.690. The highest BCUT2D eigenvalue weighted by atomic mass is 35.5. The summed E-state index contributed by atoms with van der Waals surface area (Å²) in [5.74, 6) is 1.97. The van der Waals surface area contributed by atoms with Crippen LogP contribution in [-0.2, 0) is 16.2 Å². The molecule has 0 bridgehead atoms. The zero-order valence-electron chi connectivity index (χ0n) is 23.4. The molecule has 0 unspecified atom stereocenters. The molecule has 0 fully saturated rings. The number of fused-ring (bicyclic) bond motifs is 2. The fourth-order valence-corrected chi connectivity index (χ4v) is 5.18. The number of benzene rings is 3. The quantitative estimate of drug-likeness (QED) is 0.236. The maximum Gasteiger partial charge on any atom is 0.119 e. The molecule has 0 aliphatic carbocycles. The van der Waals surface area contributed by atoms with E-state index in [-0.39, 0.29) is 16.2 Å². The Morgan fingerprint density at radius 2 is 0.946 bits per heavy atom. The molecule has 0 N–H and O–H groups in total. The van der Waals surface area contributed by atoms with Gasteiger partial charge in [-0.25, -0.2) is 9.97 Å². The van der Waals surface area contributed by atoms with Crippen LogP contribution in [-0.4, -0.2) is 19.1 Å². The van der Waals surface area contributed by atoms with Gasteiger partial charge in [-0.05, 0) is 47.4 Å². The van der Waals surface area contributed by atoms with E-state index in [4.69, 9.17) is 21.6 Å². The first kappa shape index (κ1) is 25.5. The SMILES string of the molecule is CC(C)(C)c1cc(-n2c(C(C)(C)C)nc3ccccc32)c(Cl)c(-n2c(C(C)(C)C)nc3ccccc32)c1. The minimum atomic E-state index is -0.182. The Balaban J connectivity index is 1.95. The first-order valence-electron chi connectivity index (χ1n) is 13.0. The van der Waals surface area contributed by atoms with E-state index < -0.39 is 0 Å². The van der Waals surface area contributed by atoms with Crippen molar-refractivity contribution < 1.29 is 0 Å². The van der Waals surface area contributed by atoms with E-state index >= 15 is 0 Å². The van der Waals surface area contributed by atoms with E-state index in [1.807, 2.05) is 12.1 Å². The maximum absolute atomic E-state index is 7.46.